The summed E-state index contributed by atoms with van der Waals surface area (Å²) in [4.78, 5) is 3.15. The smallest absolute Gasteiger partial charge is 0.0480 e. The van der Waals surface area contributed by atoms with Gasteiger partial charge >= 0.3 is 0 Å². The first-order chi connectivity index (χ1) is 6.42. The summed E-state index contributed by atoms with van der Waals surface area (Å²) < 4.78 is 0. The molecule has 0 bridgehead atoms. The molecule has 0 radical (unpaired) electrons. The van der Waals surface area contributed by atoms with E-state index in [0.29, 0.717) is 6.42 Å². The van der Waals surface area contributed by atoms with Crippen LogP contribution in [0.15, 0.2) is 35.6 Å². The molecule has 0 unspecified atom stereocenters. The molecule has 0 aliphatic rings. The Labute approximate surface area is 75.7 Å². The zero-order valence-electron chi connectivity index (χ0n) is 7.07. The van der Waals surface area contributed by atoms with Gasteiger partial charge in [0.1, 0.15) is 0 Å². The maximum atomic E-state index is 8.30. The average molecular weight is 174 g/mol. The fourth-order valence-corrected chi connectivity index (χ4v) is 1.44. The molecule has 2 rings (SSSR count). The summed E-state index contributed by atoms with van der Waals surface area (Å²) in [6, 6.07) is 8.06. The van der Waals surface area contributed by atoms with Crippen LogP contribution in [0.5, 0.6) is 0 Å². The minimum atomic E-state index is 0.653. The molecule has 3 nitrogen and oxygen atoms in total. The van der Waals surface area contributed by atoms with E-state index >= 15 is 0 Å². The van der Waals surface area contributed by atoms with E-state index in [9.17, 15) is 0 Å². The summed E-state index contributed by atoms with van der Waals surface area (Å²) in [5.74, 6) is 0. The highest BCUT2D eigenvalue weighted by molar-refractivity contribution is 5.85. The number of hydrogen-bond acceptors (Lipinski definition) is 2. The summed E-state index contributed by atoms with van der Waals surface area (Å²) in [7, 11) is 0. The Hall–Kier alpha value is -1.77. The van der Waals surface area contributed by atoms with Gasteiger partial charge in [-0.1, -0.05) is 18.2 Å². The first-order valence-electron chi connectivity index (χ1n) is 4.12. The van der Waals surface area contributed by atoms with Gasteiger partial charge in [-0.3, -0.25) is 0 Å². The number of benzene rings is 1. The highest BCUT2D eigenvalue weighted by atomic mass is 16.4. The molecule has 0 amide bonds. The topological polar surface area (TPSA) is 48.4 Å². The first kappa shape index (κ1) is 7.86. The lowest BCUT2D eigenvalue weighted by Crippen LogP contribution is -1.82. The van der Waals surface area contributed by atoms with Crippen LogP contribution in [0.2, 0.25) is 0 Å². The Morgan fingerprint density at radius 1 is 1.38 bits per heavy atom. The van der Waals surface area contributed by atoms with Gasteiger partial charge in [0.15, 0.2) is 0 Å². The molecule has 2 N–H and O–H groups in total. The number of fused-ring (bicyclic) bond motifs is 1. The fraction of sp³-hybridized carbons (Fsp3) is 0.100. The number of para-hydroxylation sites is 1. The lowest BCUT2D eigenvalue weighted by Gasteiger charge is -1.91. The third-order valence-corrected chi connectivity index (χ3v) is 2.07. The van der Waals surface area contributed by atoms with E-state index < -0.39 is 0 Å². The van der Waals surface area contributed by atoms with Crippen molar-refractivity contribution in [1.82, 2.24) is 4.98 Å². The molecule has 13 heavy (non-hydrogen) atoms. The van der Waals surface area contributed by atoms with E-state index in [1.807, 2.05) is 30.5 Å². The number of nitrogens with one attached hydrogen (secondary N) is 1. The Bertz CT molecular complexity index is 431. The Kier molecular flexibility index (Phi) is 2.00. The molecule has 2 aromatic rings. The van der Waals surface area contributed by atoms with Crippen LogP contribution in [-0.4, -0.2) is 16.4 Å². The van der Waals surface area contributed by atoms with Crippen LogP contribution >= 0.6 is 0 Å². The molecule has 66 valence electrons. The van der Waals surface area contributed by atoms with Gasteiger partial charge in [-0.2, -0.15) is 0 Å². The zero-order valence-corrected chi connectivity index (χ0v) is 7.07. The summed E-state index contributed by atoms with van der Waals surface area (Å²) in [5.41, 5.74) is 2.26. The predicted octanol–water partition coefficient (Wildman–Crippen LogP) is 2.17. The van der Waals surface area contributed by atoms with Gasteiger partial charge in [-0.05, 0) is 11.6 Å². The van der Waals surface area contributed by atoms with Gasteiger partial charge in [0, 0.05) is 29.7 Å². The van der Waals surface area contributed by atoms with Gasteiger partial charge in [0.25, 0.3) is 0 Å². The third-order valence-electron chi connectivity index (χ3n) is 2.07. The van der Waals surface area contributed by atoms with Gasteiger partial charge in [-0.15, -0.1) is 5.16 Å². The number of nitrogens with zero attached hydrogens (tertiary/aromatic N) is 1. The summed E-state index contributed by atoms with van der Waals surface area (Å²) in [6.07, 6.45) is 4.07. The second-order valence-electron chi connectivity index (χ2n) is 2.86. The van der Waals surface area contributed by atoms with Gasteiger partial charge in [0.05, 0.1) is 0 Å². The highest BCUT2D eigenvalue weighted by Crippen LogP contribution is 2.17. The van der Waals surface area contributed by atoms with Crippen LogP contribution in [0, 0.1) is 0 Å². The number of H-pyrrole nitrogens is 1. The second-order valence-corrected chi connectivity index (χ2v) is 2.86. The van der Waals surface area contributed by atoms with Gasteiger partial charge in [-0.25, -0.2) is 0 Å². The molecule has 0 aliphatic carbocycles. The van der Waals surface area contributed by atoms with Crippen molar-refractivity contribution in [2.45, 2.75) is 6.42 Å². The standard InChI is InChI=1S/C10H10N2O/c13-12-6-5-8-7-11-10-4-2-1-3-9(8)10/h1-4,6-7,11,13H,5H2/b12-6-. The van der Waals surface area contributed by atoms with E-state index in [2.05, 4.69) is 10.1 Å². The van der Waals surface area contributed by atoms with Crippen LogP contribution in [0.1, 0.15) is 5.56 Å². The predicted molar refractivity (Wildman–Crippen MR) is 52.3 cm³/mol. The van der Waals surface area contributed by atoms with Crippen LogP contribution in [0.4, 0.5) is 0 Å². The number of hydrogen-bond donors (Lipinski definition) is 2. The largest absolute Gasteiger partial charge is 0.411 e. The third kappa shape index (κ3) is 1.40. The minimum absolute atomic E-state index is 0.653. The molecule has 1 heterocycles. The maximum absolute atomic E-state index is 8.30. The molecular formula is C10H10N2O. The molecule has 0 saturated carbocycles. The highest BCUT2D eigenvalue weighted by Gasteiger charge is 1.99. The van der Waals surface area contributed by atoms with Crippen molar-refractivity contribution in [3.05, 3.63) is 36.0 Å². The maximum Gasteiger partial charge on any atom is 0.0480 e. The molecule has 0 saturated heterocycles. The van der Waals surface area contributed by atoms with E-state index in [-0.39, 0.29) is 0 Å². The second kappa shape index (κ2) is 3.31. The van der Waals surface area contributed by atoms with E-state index in [1.165, 1.54) is 11.6 Å². The molecular weight excluding hydrogens is 164 g/mol. The van der Waals surface area contributed by atoms with Crippen LogP contribution in [0.3, 0.4) is 0 Å². The lowest BCUT2D eigenvalue weighted by atomic mass is 10.1. The summed E-state index contributed by atoms with van der Waals surface area (Å²) in [5, 5.41) is 12.5. The quantitative estimate of drug-likeness (QED) is 0.409. The van der Waals surface area contributed by atoms with Crippen molar-refractivity contribution < 1.29 is 5.21 Å². The van der Waals surface area contributed by atoms with E-state index in [4.69, 9.17) is 5.21 Å². The molecule has 0 spiro atoms. The molecule has 1 aromatic heterocycles. The van der Waals surface area contributed by atoms with E-state index in [0.717, 1.165) is 11.1 Å². The number of aromatic nitrogens is 1. The van der Waals surface area contributed by atoms with Crippen LogP contribution in [-0.2, 0) is 6.42 Å². The molecule has 0 fully saturated rings. The van der Waals surface area contributed by atoms with Crippen molar-refractivity contribution in [1.29, 1.82) is 0 Å². The number of aromatic amines is 1. The Balaban J connectivity index is 2.45. The van der Waals surface area contributed by atoms with Crippen molar-refractivity contribution in [3.8, 4) is 0 Å². The number of oxime groups is 1. The minimum Gasteiger partial charge on any atom is -0.411 e. The van der Waals surface area contributed by atoms with Crippen LogP contribution < -0.4 is 0 Å². The average Bonchev–Trinajstić information content (AvgIpc) is 2.58. The summed E-state index contributed by atoms with van der Waals surface area (Å²) >= 11 is 0. The zero-order chi connectivity index (χ0) is 9.10. The Morgan fingerprint density at radius 2 is 2.23 bits per heavy atom. The van der Waals surface area contributed by atoms with E-state index in [1.54, 1.807) is 0 Å². The fourth-order valence-electron chi connectivity index (χ4n) is 1.44. The lowest BCUT2D eigenvalue weighted by molar-refractivity contribution is 0.321. The van der Waals surface area contributed by atoms with Crippen LogP contribution in [0.25, 0.3) is 10.9 Å². The molecule has 1 aromatic carbocycles. The molecule has 0 aliphatic heterocycles. The Morgan fingerprint density at radius 3 is 3.08 bits per heavy atom. The molecule has 3 heteroatoms. The number of rotatable bonds is 2. The normalized spacial score (nSPS) is 11.4. The van der Waals surface area contributed by atoms with Gasteiger partial charge in [0.2, 0.25) is 0 Å². The monoisotopic (exact) mass is 174 g/mol. The molecule has 0 atom stereocenters. The van der Waals surface area contributed by atoms with Crippen molar-refractivity contribution in [2.24, 2.45) is 5.16 Å². The van der Waals surface area contributed by atoms with Gasteiger partial charge < -0.3 is 10.2 Å². The van der Waals surface area contributed by atoms with Crippen molar-refractivity contribution >= 4 is 17.1 Å². The SMILES string of the molecule is O/N=C\Cc1c[nH]c2ccccc12. The first-order valence-corrected chi connectivity index (χ1v) is 4.12. The van der Waals surface area contributed by atoms with Crippen molar-refractivity contribution in [3.63, 3.8) is 0 Å². The van der Waals surface area contributed by atoms with Crippen molar-refractivity contribution in [2.75, 3.05) is 0 Å². The summed E-state index contributed by atoms with van der Waals surface area (Å²) in [6.45, 7) is 0.